The molecule has 0 atom stereocenters. The van der Waals surface area contributed by atoms with Gasteiger partial charge in [-0.05, 0) is 37.2 Å². The minimum Gasteiger partial charge on any atom is -0.364 e. The van der Waals surface area contributed by atoms with Crippen molar-refractivity contribution in [2.75, 3.05) is 39.3 Å². The number of piperazine rings is 1. The SMILES string of the molecule is CCNC(=NCC1(Cc2ccccc2)CC1)N1CCN(Cc2ccon2)CC1. The zero-order chi connectivity index (χ0) is 19.2. The maximum absolute atomic E-state index is 5.05. The van der Waals surface area contributed by atoms with E-state index in [-0.39, 0.29) is 0 Å². The van der Waals surface area contributed by atoms with Crippen molar-refractivity contribution >= 4 is 5.96 Å². The summed E-state index contributed by atoms with van der Waals surface area (Å²) in [6, 6.07) is 12.8. The van der Waals surface area contributed by atoms with Gasteiger partial charge in [-0.15, -0.1) is 0 Å². The largest absolute Gasteiger partial charge is 0.364 e. The molecule has 28 heavy (non-hydrogen) atoms. The number of guanidine groups is 1. The zero-order valence-electron chi connectivity index (χ0n) is 16.8. The smallest absolute Gasteiger partial charge is 0.194 e. The van der Waals surface area contributed by atoms with Gasteiger partial charge in [0, 0.05) is 51.9 Å². The predicted molar refractivity (Wildman–Crippen MR) is 111 cm³/mol. The minimum absolute atomic E-state index is 0.372. The number of aliphatic imine (C=N–C) groups is 1. The molecule has 1 aromatic carbocycles. The van der Waals surface area contributed by atoms with Gasteiger partial charge in [-0.1, -0.05) is 35.5 Å². The fraction of sp³-hybridized carbons (Fsp3) is 0.545. The predicted octanol–water partition coefficient (Wildman–Crippen LogP) is 2.78. The number of hydrogen-bond acceptors (Lipinski definition) is 4. The fourth-order valence-corrected chi connectivity index (χ4v) is 3.93. The summed E-state index contributed by atoms with van der Waals surface area (Å²) in [7, 11) is 0. The number of nitrogens with zero attached hydrogens (tertiary/aromatic N) is 4. The molecule has 1 saturated heterocycles. The van der Waals surface area contributed by atoms with E-state index < -0.39 is 0 Å². The Morgan fingerprint density at radius 3 is 2.57 bits per heavy atom. The molecule has 1 aromatic heterocycles. The molecular formula is C22H31N5O. The van der Waals surface area contributed by atoms with E-state index in [1.54, 1.807) is 6.26 Å². The quantitative estimate of drug-likeness (QED) is 0.590. The molecule has 0 bridgehead atoms. The van der Waals surface area contributed by atoms with E-state index in [4.69, 9.17) is 9.52 Å². The van der Waals surface area contributed by atoms with Gasteiger partial charge < -0.3 is 14.7 Å². The molecule has 0 unspecified atom stereocenters. The third kappa shape index (κ3) is 4.93. The highest BCUT2D eigenvalue weighted by molar-refractivity contribution is 5.80. The van der Waals surface area contributed by atoms with Gasteiger partial charge in [0.05, 0.1) is 5.69 Å². The van der Waals surface area contributed by atoms with Gasteiger partial charge in [-0.3, -0.25) is 9.89 Å². The molecule has 2 aromatic rings. The van der Waals surface area contributed by atoms with Crippen molar-refractivity contribution < 1.29 is 4.52 Å². The lowest BCUT2D eigenvalue weighted by Gasteiger charge is -2.36. The van der Waals surface area contributed by atoms with Crippen molar-refractivity contribution in [1.82, 2.24) is 20.3 Å². The first-order valence-corrected chi connectivity index (χ1v) is 10.5. The maximum atomic E-state index is 5.05. The van der Waals surface area contributed by atoms with Gasteiger partial charge in [0.25, 0.3) is 0 Å². The van der Waals surface area contributed by atoms with Crippen LogP contribution in [0.5, 0.6) is 0 Å². The summed E-state index contributed by atoms with van der Waals surface area (Å²) >= 11 is 0. The van der Waals surface area contributed by atoms with Gasteiger partial charge in [-0.2, -0.15) is 0 Å². The van der Waals surface area contributed by atoms with Crippen molar-refractivity contribution in [3.63, 3.8) is 0 Å². The Bertz CT molecular complexity index is 746. The third-order valence-corrected chi connectivity index (χ3v) is 5.83. The second-order valence-electron chi connectivity index (χ2n) is 8.09. The zero-order valence-corrected chi connectivity index (χ0v) is 16.8. The number of benzene rings is 1. The number of nitrogens with one attached hydrogen (secondary N) is 1. The number of hydrogen-bond donors (Lipinski definition) is 1. The summed E-state index contributed by atoms with van der Waals surface area (Å²) in [5, 5.41) is 7.53. The Hall–Kier alpha value is -2.34. The Balaban J connectivity index is 1.32. The third-order valence-electron chi connectivity index (χ3n) is 5.83. The highest BCUT2D eigenvalue weighted by atomic mass is 16.5. The normalized spacial score (nSPS) is 19.6. The van der Waals surface area contributed by atoms with Crippen LogP contribution in [0.1, 0.15) is 31.0 Å². The van der Waals surface area contributed by atoms with E-state index in [2.05, 4.69) is 57.5 Å². The van der Waals surface area contributed by atoms with E-state index in [1.807, 2.05) is 6.07 Å². The van der Waals surface area contributed by atoms with Crippen molar-refractivity contribution in [2.24, 2.45) is 10.4 Å². The topological polar surface area (TPSA) is 56.9 Å². The molecule has 2 aliphatic rings. The first-order valence-electron chi connectivity index (χ1n) is 10.5. The van der Waals surface area contributed by atoms with Gasteiger partial charge in [0.2, 0.25) is 0 Å². The Labute approximate surface area is 167 Å². The van der Waals surface area contributed by atoms with Crippen molar-refractivity contribution in [1.29, 1.82) is 0 Å². The molecule has 4 rings (SSSR count). The molecule has 150 valence electrons. The van der Waals surface area contributed by atoms with Gasteiger partial charge in [0.15, 0.2) is 5.96 Å². The van der Waals surface area contributed by atoms with Crippen LogP contribution in [0, 0.1) is 5.41 Å². The van der Waals surface area contributed by atoms with Crippen LogP contribution < -0.4 is 5.32 Å². The van der Waals surface area contributed by atoms with Crippen LogP contribution in [0.3, 0.4) is 0 Å². The van der Waals surface area contributed by atoms with Gasteiger partial charge >= 0.3 is 0 Å². The molecule has 1 aliphatic heterocycles. The highest BCUT2D eigenvalue weighted by Gasteiger charge is 2.42. The minimum atomic E-state index is 0.372. The number of rotatable bonds is 7. The van der Waals surface area contributed by atoms with Crippen molar-refractivity contribution in [3.05, 3.63) is 53.9 Å². The monoisotopic (exact) mass is 381 g/mol. The molecule has 1 saturated carbocycles. The van der Waals surface area contributed by atoms with E-state index in [0.717, 1.165) is 63.9 Å². The first kappa shape index (κ1) is 19.0. The summed E-state index contributed by atoms with van der Waals surface area (Å²) < 4.78 is 4.94. The van der Waals surface area contributed by atoms with Crippen LogP contribution in [0.25, 0.3) is 0 Å². The molecule has 0 radical (unpaired) electrons. The summed E-state index contributed by atoms with van der Waals surface area (Å²) in [4.78, 5) is 9.88. The van der Waals surface area contributed by atoms with Gasteiger partial charge in [0.1, 0.15) is 6.26 Å². The van der Waals surface area contributed by atoms with E-state index in [0.29, 0.717) is 5.41 Å². The average molecular weight is 382 g/mol. The summed E-state index contributed by atoms with van der Waals surface area (Å²) in [5.41, 5.74) is 2.81. The molecular weight excluding hydrogens is 350 g/mol. The Kier molecular flexibility index (Phi) is 5.95. The lowest BCUT2D eigenvalue weighted by Crippen LogP contribution is -2.52. The van der Waals surface area contributed by atoms with Gasteiger partial charge in [-0.25, -0.2) is 0 Å². The second-order valence-corrected chi connectivity index (χ2v) is 8.09. The van der Waals surface area contributed by atoms with E-state index >= 15 is 0 Å². The maximum Gasteiger partial charge on any atom is 0.194 e. The number of aromatic nitrogens is 1. The molecule has 1 aliphatic carbocycles. The Morgan fingerprint density at radius 1 is 1.14 bits per heavy atom. The lowest BCUT2D eigenvalue weighted by molar-refractivity contribution is 0.169. The summed E-state index contributed by atoms with van der Waals surface area (Å²) in [5.74, 6) is 1.07. The molecule has 0 amide bonds. The van der Waals surface area contributed by atoms with Crippen LogP contribution >= 0.6 is 0 Å². The van der Waals surface area contributed by atoms with Crippen LogP contribution in [0.2, 0.25) is 0 Å². The van der Waals surface area contributed by atoms with E-state index in [1.165, 1.54) is 18.4 Å². The molecule has 0 spiro atoms. The molecule has 6 nitrogen and oxygen atoms in total. The summed E-state index contributed by atoms with van der Waals surface area (Å²) in [6.45, 7) is 8.86. The molecule has 1 N–H and O–H groups in total. The molecule has 2 heterocycles. The first-order chi connectivity index (χ1) is 13.8. The van der Waals surface area contributed by atoms with Crippen LogP contribution in [-0.4, -0.2) is 60.2 Å². The summed E-state index contributed by atoms with van der Waals surface area (Å²) in [6.07, 6.45) is 5.36. The van der Waals surface area contributed by atoms with E-state index in [9.17, 15) is 0 Å². The lowest BCUT2D eigenvalue weighted by atomic mass is 9.97. The van der Waals surface area contributed by atoms with Crippen LogP contribution in [0.15, 0.2) is 52.2 Å². The Morgan fingerprint density at radius 2 is 1.93 bits per heavy atom. The second kappa shape index (κ2) is 8.78. The van der Waals surface area contributed by atoms with Crippen LogP contribution in [-0.2, 0) is 13.0 Å². The fourth-order valence-electron chi connectivity index (χ4n) is 3.93. The molecule has 6 heteroatoms. The van der Waals surface area contributed by atoms with Crippen LogP contribution in [0.4, 0.5) is 0 Å². The molecule has 2 fully saturated rings. The van der Waals surface area contributed by atoms with Crippen molar-refractivity contribution in [2.45, 2.75) is 32.7 Å². The van der Waals surface area contributed by atoms with Crippen molar-refractivity contribution in [3.8, 4) is 0 Å². The highest BCUT2D eigenvalue weighted by Crippen LogP contribution is 2.48. The standard InChI is InChI=1S/C22H31N5O/c1-2-23-21(24-18-22(9-10-22)16-19-6-4-3-5-7-19)27-13-11-26(12-14-27)17-20-8-15-28-25-20/h3-8,15H,2,9-14,16-18H2,1H3,(H,23,24). The average Bonchev–Trinajstić information content (AvgIpc) is 3.29.